The van der Waals surface area contributed by atoms with Crippen molar-refractivity contribution in [3.63, 3.8) is 0 Å². The SMILES string of the molecule is C1CC1.CCC(C=O)c1cc2n(c(=O)c1COC)Cc1c-2nc2cc(F)c(C)c3c2c1C(NC(=O)CO)CC3. The van der Waals surface area contributed by atoms with Crippen LogP contribution in [0.25, 0.3) is 22.3 Å². The number of hydrogen-bond donors (Lipinski definition) is 2. The molecule has 1 aromatic carbocycles. The minimum atomic E-state index is -0.643. The van der Waals surface area contributed by atoms with E-state index in [0.717, 1.165) is 28.4 Å². The maximum Gasteiger partial charge on any atom is 0.257 e. The lowest BCUT2D eigenvalue weighted by Crippen LogP contribution is -2.33. The molecule has 2 aromatic heterocycles. The number of aliphatic hydroxyl groups excluding tert-OH is 1. The highest BCUT2D eigenvalue weighted by atomic mass is 19.1. The molecule has 2 N–H and O–H groups in total. The van der Waals surface area contributed by atoms with Crippen LogP contribution in [0.4, 0.5) is 4.39 Å². The lowest BCUT2D eigenvalue weighted by Gasteiger charge is -2.29. The molecule has 39 heavy (non-hydrogen) atoms. The fourth-order valence-electron chi connectivity index (χ4n) is 5.76. The largest absolute Gasteiger partial charge is 0.387 e. The first-order valence-corrected chi connectivity index (χ1v) is 13.6. The Kier molecular flexibility index (Phi) is 7.64. The van der Waals surface area contributed by atoms with Crippen LogP contribution in [0, 0.1) is 12.7 Å². The van der Waals surface area contributed by atoms with Crippen molar-refractivity contribution in [2.75, 3.05) is 13.7 Å². The second-order valence-electron chi connectivity index (χ2n) is 10.5. The normalized spacial score (nSPS) is 17.1. The summed E-state index contributed by atoms with van der Waals surface area (Å²) >= 11 is 0. The standard InChI is InChI=1S/C27H28FN3O5.C3H6/c1-4-14(10-32)16-7-22-26-17(9-31(22)27(35)18(16)12-36-3)25-20(29-23(34)11-33)6-5-15-13(2)19(28)8-21(30-26)24(15)25;1-2-3-1/h7-8,10,14,20,33H,4-6,9,11-12H2,1-3H3,(H,29,34);1-3H2. The van der Waals surface area contributed by atoms with Crippen molar-refractivity contribution < 1.29 is 23.8 Å². The monoisotopic (exact) mass is 535 g/mol. The molecule has 3 aliphatic rings. The van der Waals surface area contributed by atoms with Crippen LogP contribution in [0.15, 0.2) is 16.9 Å². The number of ether oxygens (including phenoxy) is 1. The van der Waals surface area contributed by atoms with Crippen LogP contribution in [0.2, 0.25) is 0 Å². The summed E-state index contributed by atoms with van der Waals surface area (Å²) in [6.07, 6.45) is 6.94. The zero-order valence-corrected chi connectivity index (χ0v) is 22.6. The number of aliphatic hydroxyl groups is 1. The van der Waals surface area contributed by atoms with Gasteiger partial charge in [0.25, 0.3) is 5.56 Å². The van der Waals surface area contributed by atoms with Gasteiger partial charge in [-0.1, -0.05) is 26.2 Å². The number of aryl methyl sites for hydroxylation is 1. The number of fused-ring (bicyclic) bond motifs is 4. The first kappa shape index (κ1) is 27.1. The van der Waals surface area contributed by atoms with Gasteiger partial charge in [-0.05, 0) is 54.5 Å². The molecule has 0 saturated heterocycles. The number of aromatic nitrogens is 2. The van der Waals surface area contributed by atoms with Crippen LogP contribution >= 0.6 is 0 Å². The highest BCUT2D eigenvalue weighted by Gasteiger charge is 2.35. The van der Waals surface area contributed by atoms with Crippen LogP contribution < -0.4 is 10.9 Å². The van der Waals surface area contributed by atoms with Crippen molar-refractivity contribution in [1.29, 1.82) is 0 Å². The van der Waals surface area contributed by atoms with E-state index >= 15 is 0 Å². The summed E-state index contributed by atoms with van der Waals surface area (Å²) < 4.78 is 21.8. The summed E-state index contributed by atoms with van der Waals surface area (Å²) in [5, 5.41) is 13.0. The third kappa shape index (κ3) is 4.78. The van der Waals surface area contributed by atoms with E-state index in [1.165, 1.54) is 32.4 Å². The smallest absolute Gasteiger partial charge is 0.257 e. The van der Waals surface area contributed by atoms with Crippen molar-refractivity contribution in [3.8, 4) is 11.4 Å². The number of aldehydes is 1. The fraction of sp³-hybridized carbons (Fsp3) is 0.467. The van der Waals surface area contributed by atoms with Crippen molar-refractivity contribution in [2.24, 2.45) is 0 Å². The molecule has 2 atom stereocenters. The van der Waals surface area contributed by atoms with Crippen molar-refractivity contribution in [2.45, 2.75) is 77.5 Å². The van der Waals surface area contributed by atoms with Crippen LogP contribution in [-0.4, -0.2) is 40.6 Å². The van der Waals surface area contributed by atoms with Gasteiger partial charge >= 0.3 is 0 Å². The van der Waals surface area contributed by atoms with Gasteiger partial charge in [-0.25, -0.2) is 9.37 Å². The Hall–Kier alpha value is -3.43. The summed E-state index contributed by atoms with van der Waals surface area (Å²) in [7, 11) is 1.50. The summed E-state index contributed by atoms with van der Waals surface area (Å²) in [5.41, 5.74) is 5.32. The Morgan fingerprint density at radius 2 is 2.05 bits per heavy atom. The molecule has 0 bridgehead atoms. The molecule has 2 aliphatic carbocycles. The molecular formula is C30H34FN3O5. The summed E-state index contributed by atoms with van der Waals surface area (Å²) in [5.74, 6) is -1.33. The van der Waals surface area contributed by atoms with Crippen LogP contribution in [0.1, 0.15) is 84.4 Å². The molecule has 0 spiro atoms. The van der Waals surface area contributed by atoms with E-state index in [4.69, 9.17) is 9.72 Å². The second kappa shape index (κ2) is 11.0. The Morgan fingerprint density at radius 1 is 1.31 bits per heavy atom. The number of halogens is 1. The first-order chi connectivity index (χ1) is 18.8. The Balaban J connectivity index is 0.000000962. The molecule has 1 amide bonds. The van der Waals surface area contributed by atoms with Gasteiger partial charge in [0.15, 0.2) is 0 Å². The van der Waals surface area contributed by atoms with Crippen LogP contribution in [0.5, 0.6) is 0 Å². The molecule has 206 valence electrons. The third-order valence-corrected chi connectivity index (χ3v) is 7.89. The van der Waals surface area contributed by atoms with Gasteiger partial charge in [-0.15, -0.1) is 0 Å². The molecule has 9 heteroatoms. The van der Waals surface area contributed by atoms with Gasteiger partial charge in [0.2, 0.25) is 5.91 Å². The summed E-state index contributed by atoms with van der Waals surface area (Å²) in [6, 6.07) is 2.81. The summed E-state index contributed by atoms with van der Waals surface area (Å²) in [4.78, 5) is 42.5. The number of nitrogens with one attached hydrogen (secondary N) is 1. The van der Waals surface area contributed by atoms with E-state index in [9.17, 15) is 23.9 Å². The number of rotatable bonds is 7. The number of benzene rings is 1. The average molecular weight is 536 g/mol. The number of nitrogens with zero attached hydrogens (tertiary/aromatic N) is 2. The lowest BCUT2D eigenvalue weighted by molar-refractivity contribution is -0.124. The zero-order chi connectivity index (χ0) is 27.8. The molecule has 1 saturated carbocycles. The van der Waals surface area contributed by atoms with E-state index in [1.54, 1.807) is 11.5 Å². The molecule has 2 unspecified atom stereocenters. The van der Waals surface area contributed by atoms with Gasteiger partial charge < -0.3 is 24.5 Å². The van der Waals surface area contributed by atoms with E-state index in [-0.39, 0.29) is 24.5 Å². The molecule has 8 nitrogen and oxygen atoms in total. The number of carbonyl (C=O) groups is 2. The highest BCUT2D eigenvalue weighted by molar-refractivity contribution is 5.93. The van der Waals surface area contributed by atoms with E-state index in [0.29, 0.717) is 52.9 Å². The molecule has 6 rings (SSSR count). The fourth-order valence-corrected chi connectivity index (χ4v) is 5.76. The number of methoxy groups -OCH3 is 1. The Labute approximate surface area is 226 Å². The maximum absolute atomic E-state index is 14.9. The van der Waals surface area contributed by atoms with Crippen LogP contribution in [-0.2, 0) is 33.9 Å². The minimum Gasteiger partial charge on any atom is -0.387 e. The number of amides is 1. The first-order valence-electron chi connectivity index (χ1n) is 13.6. The number of hydrogen-bond acceptors (Lipinski definition) is 6. The van der Waals surface area contributed by atoms with E-state index in [1.807, 2.05) is 13.0 Å². The maximum atomic E-state index is 14.9. The molecule has 1 fully saturated rings. The quantitative estimate of drug-likeness (QED) is 0.347. The van der Waals surface area contributed by atoms with Crippen molar-refractivity contribution >= 4 is 23.1 Å². The van der Waals surface area contributed by atoms with Gasteiger partial charge in [-0.3, -0.25) is 9.59 Å². The average Bonchev–Trinajstić information content (AvgIpc) is 3.78. The summed E-state index contributed by atoms with van der Waals surface area (Å²) in [6.45, 7) is 3.28. The Morgan fingerprint density at radius 3 is 2.67 bits per heavy atom. The van der Waals surface area contributed by atoms with Gasteiger partial charge in [0.05, 0.1) is 36.1 Å². The van der Waals surface area contributed by atoms with Gasteiger partial charge in [0, 0.05) is 35.6 Å². The van der Waals surface area contributed by atoms with E-state index in [2.05, 4.69) is 5.32 Å². The molecule has 3 aromatic rings. The van der Waals surface area contributed by atoms with Gasteiger partial charge in [0.1, 0.15) is 18.7 Å². The lowest BCUT2D eigenvalue weighted by atomic mass is 9.81. The Bertz CT molecular complexity index is 1530. The molecule has 3 heterocycles. The molecule has 1 aliphatic heterocycles. The second-order valence-corrected chi connectivity index (χ2v) is 10.5. The molecular weight excluding hydrogens is 501 g/mol. The molecule has 0 radical (unpaired) electrons. The van der Waals surface area contributed by atoms with Crippen LogP contribution in [0.3, 0.4) is 0 Å². The van der Waals surface area contributed by atoms with E-state index < -0.39 is 24.5 Å². The van der Waals surface area contributed by atoms with Crippen molar-refractivity contribution in [1.82, 2.24) is 14.9 Å². The predicted molar refractivity (Wildman–Crippen MR) is 145 cm³/mol. The van der Waals surface area contributed by atoms with Crippen molar-refractivity contribution in [3.05, 3.63) is 61.7 Å². The third-order valence-electron chi connectivity index (χ3n) is 7.89. The number of carbonyl (C=O) groups excluding carboxylic acids is 2. The zero-order valence-electron chi connectivity index (χ0n) is 22.6. The highest BCUT2D eigenvalue weighted by Crippen LogP contribution is 2.45. The van der Waals surface area contributed by atoms with Gasteiger partial charge in [-0.2, -0.15) is 0 Å². The minimum absolute atomic E-state index is 0.0706. The topological polar surface area (TPSA) is 111 Å². The predicted octanol–water partition coefficient (Wildman–Crippen LogP) is 3.98. The number of pyridine rings is 2.